The van der Waals surface area contributed by atoms with Crippen molar-refractivity contribution >= 4 is 28.9 Å². The van der Waals surface area contributed by atoms with Crippen molar-refractivity contribution in [2.24, 2.45) is 0 Å². The summed E-state index contributed by atoms with van der Waals surface area (Å²) in [6.07, 6.45) is 13.1. The maximum absolute atomic E-state index is 2.61. The van der Waals surface area contributed by atoms with Gasteiger partial charge in [-0.25, -0.2) is 0 Å². The van der Waals surface area contributed by atoms with Crippen LogP contribution in [0.2, 0.25) is 0 Å². The van der Waals surface area contributed by atoms with Gasteiger partial charge in [-0.3, -0.25) is 0 Å². The summed E-state index contributed by atoms with van der Waals surface area (Å²) in [5.41, 5.74) is 0. The third-order valence-corrected chi connectivity index (χ3v) is 12.5. The van der Waals surface area contributed by atoms with Gasteiger partial charge in [-0.15, -0.1) is 0 Å². The Labute approximate surface area is 158 Å². The van der Waals surface area contributed by atoms with Gasteiger partial charge in [0.1, 0.15) is 0 Å². The molecule has 0 nitrogen and oxygen atoms in total. The van der Waals surface area contributed by atoms with Crippen LogP contribution in [0.25, 0.3) is 22.5 Å². The molecule has 3 aromatic rings. The van der Waals surface area contributed by atoms with E-state index < -0.39 is 16.8 Å². The fourth-order valence-corrected chi connectivity index (χ4v) is 12.5. The van der Waals surface area contributed by atoms with Crippen molar-refractivity contribution in [3.63, 3.8) is 0 Å². The van der Waals surface area contributed by atoms with E-state index in [4.69, 9.17) is 0 Å². The Kier molecular flexibility index (Phi) is 4.39. The van der Waals surface area contributed by atoms with Crippen LogP contribution in [0, 0.1) is 0 Å². The standard InChI is InChI=1S/C24H24Si2/c1-3-11-19(12-4-1)25-21-15-7-9-17-23(21)26(20-13-5-2-6-14-20)24-18-10-8-16-22(24)25/h1-6,11-15,17H,7-10,16,18H2. The maximum Gasteiger partial charge on any atom is 0.0832 e. The van der Waals surface area contributed by atoms with Gasteiger partial charge in [0.2, 0.25) is 0 Å². The van der Waals surface area contributed by atoms with E-state index in [2.05, 4.69) is 72.8 Å². The van der Waals surface area contributed by atoms with E-state index in [1.165, 1.54) is 38.5 Å². The molecular formula is C24H24Si2. The highest BCUT2D eigenvalue weighted by atomic mass is 28.2. The molecule has 2 aromatic carbocycles. The second kappa shape index (κ2) is 7.01. The van der Waals surface area contributed by atoms with Crippen molar-refractivity contribution in [3.05, 3.63) is 80.7 Å². The zero-order valence-corrected chi connectivity index (χ0v) is 17.2. The highest BCUT2D eigenvalue weighted by molar-refractivity contribution is 6.75. The molecule has 0 saturated heterocycles. The van der Waals surface area contributed by atoms with E-state index in [1.807, 2.05) is 10.3 Å². The van der Waals surface area contributed by atoms with Gasteiger partial charge in [-0.05, 0) is 58.6 Å². The van der Waals surface area contributed by atoms with Crippen LogP contribution in [0.1, 0.15) is 36.0 Å². The lowest BCUT2D eigenvalue weighted by Crippen LogP contribution is -2.48. The molecule has 0 radical (unpaired) electrons. The molecule has 0 aliphatic heterocycles. The Hall–Kier alpha value is -1.91. The summed E-state index contributed by atoms with van der Waals surface area (Å²) in [6.45, 7) is 0. The van der Waals surface area contributed by atoms with Crippen LogP contribution < -0.4 is 9.66 Å². The fraction of sp³-hybridized carbons (Fsp3) is 0.250. The monoisotopic (exact) mass is 368 g/mol. The summed E-state index contributed by atoms with van der Waals surface area (Å²) in [5, 5.41) is 6.94. The summed E-state index contributed by atoms with van der Waals surface area (Å²) in [6, 6.07) is 22.8. The Bertz CT molecular complexity index is 978. The molecule has 0 atom stereocenters. The second-order valence-electron chi connectivity index (χ2n) is 7.46. The average Bonchev–Trinajstić information content (AvgIpc) is 2.73. The van der Waals surface area contributed by atoms with Crippen LogP contribution in [-0.2, 0) is 12.8 Å². The molecule has 5 rings (SSSR count). The molecule has 0 unspecified atom stereocenters. The van der Waals surface area contributed by atoms with Gasteiger partial charge in [-0.1, -0.05) is 83.2 Å². The highest BCUT2D eigenvalue weighted by Crippen LogP contribution is 2.23. The zero-order chi connectivity index (χ0) is 17.3. The predicted molar refractivity (Wildman–Crippen MR) is 115 cm³/mol. The lowest BCUT2D eigenvalue weighted by molar-refractivity contribution is 0.700. The summed E-state index contributed by atoms with van der Waals surface area (Å²) in [7, 11) is -1.53. The Morgan fingerprint density at radius 1 is 0.538 bits per heavy atom. The smallest absolute Gasteiger partial charge is 0.0808 e. The highest BCUT2D eigenvalue weighted by Gasteiger charge is 2.23. The summed E-state index contributed by atoms with van der Waals surface area (Å²) < 4.78 is 0. The first-order valence-electron chi connectivity index (χ1n) is 9.92. The van der Waals surface area contributed by atoms with Crippen LogP contribution in [0.4, 0.5) is 0 Å². The molecule has 0 amide bonds. The van der Waals surface area contributed by atoms with Crippen molar-refractivity contribution in [3.8, 4) is 10.4 Å². The Morgan fingerprint density at radius 2 is 0.962 bits per heavy atom. The summed E-state index contributed by atoms with van der Waals surface area (Å²) >= 11 is 0. The minimum absolute atomic E-state index is 0.764. The third kappa shape index (κ3) is 2.72. The van der Waals surface area contributed by atoms with Crippen LogP contribution in [-0.4, -0.2) is 16.8 Å². The first-order chi connectivity index (χ1) is 12.9. The minimum atomic E-state index is -0.764. The van der Waals surface area contributed by atoms with Crippen molar-refractivity contribution in [2.45, 2.75) is 38.5 Å². The molecule has 0 spiro atoms. The largest absolute Gasteiger partial charge is 0.0832 e. The molecule has 26 heavy (non-hydrogen) atoms. The molecule has 1 heterocycles. The van der Waals surface area contributed by atoms with Gasteiger partial charge < -0.3 is 0 Å². The first kappa shape index (κ1) is 16.3. The summed E-state index contributed by atoms with van der Waals surface area (Å²) in [4.78, 5) is 3.48. The van der Waals surface area contributed by atoms with E-state index in [9.17, 15) is 0 Å². The zero-order valence-electron chi connectivity index (χ0n) is 15.2. The minimum Gasteiger partial charge on any atom is -0.0808 e. The van der Waals surface area contributed by atoms with Crippen LogP contribution >= 0.6 is 0 Å². The first-order valence-corrected chi connectivity index (χ1v) is 12.9. The second-order valence-corrected chi connectivity index (χ2v) is 12.4. The molecule has 2 aliphatic carbocycles. The van der Waals surface area contributed by atoms with Crippen molar-refractivity contribution in [2.75, 3.05) is 0 Å². The van der Waals surface area contributed by atoms with E-state index in [-0.39, 0.29) is 0 Å². The van der Waals surface area contributed by atoms with Crippen molar-refractivity contribution < 1.29 is 0 Å². The molecule has 0 fully saturated rings. The molecule has 0 bridgehead atoms. The third-order valence-electron chi connectivity index (χ3n) is 5.89. The average molecular weight is 369 g/mol. The maximum atomic E-state index is 2.61. The molecule has 128 valence electrons. The fourth-order valence-electron chi connectivity index (χ4n) is 4.80. The van der Waals surface area contributed by atoms with Gasteiger partial charge in [0.05, 0.1) is 16.8 Å². The number of hydrogen-bond acceptors (Lipinski definition) is 0. The molecule has 2 aliphatic rings. The molecular weight excluding hydrogens is 344 g/mol. The van der Waals surface area contributed by atoms with E-state index in [1.54, 1.807) is 20.0 Å². The number of fused-ring (bicyclic) bond motifs is 2. The van der Waals surface area contributed by atoms with Gasteiger partial charge in [-0.2, -0.15) is 0 Å². The van der Waals surface area contributed by atoms with Crippen LogP contribution in [0.15, 0.2) is 60.7 Å². The lowest BCUT2D eigenvalue weighted by atomic mass is 10.1. The van der Waals surface area contributed by atoms with Gasteiger partial charge >= 0.3 is 0 Å². The molecule has 0 saturated carbocycles. The predicted octanol–water partition coefficient (Wildman–Crippen LogP) is 3.95. The Balaban J connectivity index is 1.94. The van der Waals surface area contributed by atoms with Crippen molar-refractivity contribution in [1.29, 1.82) is 0 Å². The lowest BCUT2D eigenvalue weighted by Gasteiger charge is -2.25. The van der Waals surface area contributed by atoms with E-state index in [0.29, 0.717) is 0 Å². The van der Waals surface area contributed by atoms with E-state index >= 15 is 0 Å². The molecule has 1 aromatic heterocycles. The quantitative estimate of drug-likeness (QED) is 0.601. The topological polar surface area (TPSA) is 0 Å². The molecule has 0 N–H and O–H groups in total. The summed E-state index contributed by atoms with van der Waals surface area (Å²) in [5.74, 6) is 0. The number of hydrogen-bond donors (Lipinski definition) is 0. The SMILES string of the molecule is C1=c2c([si](-c3ccccc3)c3c([si]2-c2ccccc2)CCCC3)=CCC1. The number of benzene rings is 2. The van der Waals surface area contributed by atoms with Gasteiger partial charge in [0.25, 0.3) is 0 Å². The van der Waals surface area contributed by atoms with Crippen LogP contribution in [0.3, 0.4) is 0 Å². The number of rotatable bonds is 2. The van der Waals surface area contributed by atoms with Gasteiger partial charge in [0, 0.05) is 0 Å². The Morgan fingerprint density at radius 3 is 1.38 bits per heavy atom. The van der Waals surface area contributed by atoms with E-state index in [0.717, 1.165) is 0 Å². The van der Waals surface area contributed by atoms with Crippen LogP contribution in [0.5, 0.6) is 0 Å². The normalized spacial score (nSPS) is 15.4. The van der Waals surface area contributed by atoms with Gasteiger partial charge in [0.15, 0.2) is 0 Å². The molecule has 2 heteroatoms. The van der Waals surface area contributed by atoms with Crippen molar-refractivity contribution in [1.82, 2.24) is 0 Å².